The molecule has 2 aromatic rings. The van der Waals surface area contributed by atoms with E-state index in [2.05, 4.69) is 0 Å². The maximum Gasteiger partial charge on any atom is 0.270 e. The van der Waals surface area contributed by atoms with E-state index in [4.69, 9.17) is 16.3 Å². The summed E-state index contributed by atoms with van der Waals surface area (Å²) >= 11 is 6.17. The van der Waals surface area contributed by atoms with Gasteiger partial charge in [0.15, 0.2) is 6.10 Å². The molecule has 118 valence electrons. The Kier molecular flexibility index (Phi) is 4.35. The lowest BCUT2D eigenvalue weighted by Crippen LogP contribution is -2.42. The Morgan fingerprint density at radius 1 is 1.09 bits per heavy atom. The fourth-order valence-corrected chi connectivity index (χ4v) is 2.77. The van der Waals surface area contributed by atoms with Crippen LogP contribution in [0.4, 0.5) is 0 Å². The predicted molar refractivity (Wildman–Crippen MR) is 87.5 cm³/mol. The Morgan fingerprint density at radius 3 is 2.52 bits per heavy atom. The molecule has 1 aliphatic heterocycles. The number of carbonyl (C=O) groups excluding carboxylic acids is 2. The maximum absolute atomic E-state index is 12.8. The van der Waals surface area contributed by atoms with E-state index in [0.29, 0.717) is 22.8 Å². The summed E-state index contributed by atoms with van der Waals surface area (Å²) in [6.45, 7) is 1.99. The molecule has 0 radical (unpaired) electrons. The maximum atomic E-state index is 12.8. The molecule has 23 heavy (non-hydrogen) atoms. The number of fused-ring (bicyclic) bond motifs is 1. The zero-order valence-corrected chi connectivity index (χ0v) is 13.4. The van der Waals surface area contributed by atoms with Gasteiger partial charge in [-0.15, -0.1) is 0 Å². The first-order chi connectivity index (χ1) is 11.1. The van der Waals surface area contributed by atoms with Crippen LogP contribution in [-0.4, -0.2) is 22.8 Å². The highest BCUT2D eigenvalue weighted by Gasteiger charge is 2.35. The van der Waals surface area contributed by atoms with Crippen LogP contribution in [-0.2, 0) is 11.3 Å². The molecule has 0 unspecified atom stereocenters. The zero-order chi connectivity index (χ0) is 16.4. The molecule has 0 fully saturated rings. The van der Waals surface area contributed by atoms with Gasteiger partial charge in [0.25, 0.3) is 11.8 Å². The average molecular weight is 330 g/mol. The van der Waals surface area contributed by atoms with Crippen molar-refractivity contribution < 1.29 is 14.3 Å². The number of ether oxygens (including phenoxy) is 1. The lowest BCUT2D eigenvalue weighted by atomic mass is 10.1. The standard InChI is InChI=1S/C18H16ClNO3/c1-2-15-18(22)20(11-12-7-3-5-9-14(12)19)17(21)13-8-4-6-10-16(13)23-15/h3-10,15H,2,11H2,1H3/t15-/m1/s1. The molecule has 4 nitrogen and oxygen atoms in total. The Morgan fingerprint density at radius 2 is 1.78 bits per heavy atom. The molecule has 0 spiro atoms. The third-order valence-electron chi connectivity index (χ3n) is 3.83. The molecule has 2 aromatic carbocycles. The number of para-hydroxylation sites is 1. The van der Waals surface area contributed by atoms with Gasteiger partial charge in [-0.1, -0.05) is 48.9 Å². The highest BCUT2D eigenvalue weighted by atomic mass is 35.5. The van der Waals surface area contributed by atoms with Gasteiger partial charge in [-0.2, -0.15) is 0 Å². The number of imide groups is 1. The van der Waals surface area contributed by atoms with Crippen LogP contribution in [0, 0.1) is 0 Å². The molecule has 5 heteroatoms. The summed E-state index contributed by atoms with van der Waals surface area (Å²) in [5, 5.41) is 0.527. The SMILES string of the molecule is CC[C@H]1Oc2ccccc2C(=O)N(Cc2ccccc2Cl)C1=O. The van der Waals surface area contributed by atoms with Crippen molar-refractivity contribution in [1.29, 1.82) is 0 Å². The van der Waals surface area contributed by atoms with Crippen LogP contribution >= 0.6 is 11.6 Å². The molecule has 2 amide bonds. The molecule has 0 saturated heterocycles. The van der Waals surface area contributed by atoms with E-state index in [1.54, 1.807) is 30.3 Å². The van der Waals surface area contributed by atoms with Crippen molar-refractivity contribution in [3.63, 3.8) is 0 Å². The topological polar surface area (TPSA) is 46.6 Å². The Labute approximate surface area is 139 Å². The smallest absolute Gasteiger partial charge is 0.270 e. The number of carbonyl (C=O) groups is 2. The van der Waals surface area contributed by atoms with Crippen LogP contribution < -0.4 is 4.74 Å². The number of hydrogen-bond donors (Lipinski definition) is 0. The zero-order valence-electron chi connectivity index (χ0n) is 12.7. The van der Waals surface area contributed by atoms with Crippen LogP contribution in [0.2, 0.25) is 5.02 Å². The van der Waals surface area contributed by atoms with Gasteiger partial charge in [-0.05, 0) is 30.2 Å². The van der Waals surface area contributed by atoms with Gasteiger partial charge < -0.3 is 4.74 Å². The molecule has 0 bridgehead atoms. The minimum atomic E-state index is -0.676. The van der Waals surface area contributed by atoms with Gasteiger partial charge in [-0.25, -0.2) is 0 Å². The van der Waals surface area contributed by atoms with Crippen molar-refractivity contribution in [2.75, 3.05) is 0 Å². The molecule has 0 saturated carbocycles. The number of nitrogens with zero attached hydrogens (tertiary/aromatic N) is 1. The van der Waals surface area contributed by atoms with Gasteiger partial charge in [0.1, 0.15) is 5.75 Å². The third-order valence-corrected chi connectivity index (χ3v) is 4.20. The lowest BCUT2D eigenvalue weighted by molar-refractivity contribution is -0.136. The first-order valence-electron chi connectivity index (χ1n) is 7.46. The molecule has 0 aromatic heterocycles. The van der Waals surface area contributed by atoms with E-state index in [9.17, 15) is 9.59 Å². The van der Waals surface area contributed by atoms with Crippen molar-refractivity contribution in [3.05, 3.63) is 64.7 Å². The van der Waals surface area contributed by atoms with Gasteiger partial charge in [0.05, 0.1) is 12.1 Å². The molecular formula is C18H16ClNO3. The molecule has 3 rings (SSSR count). The molecule has 1 aliphatic rings. The van der Waals surface area contributed by atoms with E-state index >= 15 is 0 Å². The molecule has 1 heterocycles. The molecular weight excluding hydrogens is 314 g/mol. The van der Waals surface area contributed by atoms with E-state index in [1.807, 2.05) is 25.1 Å². The lowest BCUT2D eigenvalue weighted by Gasteiger charge is -2.22. The molecule has 0 N–H and O–H groups in total. The van der Waals surface area contributed by atoms with Crippen LogP contribution in [0.25, 0.3) is 0 Å². The number of hydrogen-bond acceptors (Lipinski definition) is 3. The van der Waals surface area contributed by atoms with Crippen LogP contribution in [0.3, 0.4) is 0 Å². The number of amides is 2. The predicted octanol–water partition coefficient (Wildman–Crippen LogP) is 3.68. The normalized spacial score (nSPS) is 17.5. The number of benzene rings is 2. The van der Waals surface area contributed by atoms with Crippen LogP contribution in [0.15, 0.2) is 48.5 Å². The van der Waals surface area contributed by atoms with Crippen molar-refractivity contribution in [2.24, 2.45) is 0 Å². The van der Waals surface area contributed by atoms with Crippen molar-refractivity contribution in [1.82, 2.24) is 4.90 Å². The highest BCUT2D eigenvalue weighted by molar-refractivity contribution is 6.31. The third kappa shape index (κ3) is 2.94. The second-order valence-electron chi connectivity index (χ2n) is 5.33. The number of rotatable bonds is 3. The Bertz CT molecular complexity index is 759. The van der Waals surface area contributed by atoms with Crippen LogP contribution in [0.5, 0.6) is 5.75 Å². The van der Waals surface area contributed by atoms with Gasteiger partial charge >= 0.3 is 0 Å². The molecule has 0 aliphatic carbocycles. The summed E-state index contributed by atoms with van der Waals surface area (Å²) in [5.74, 6) is -0.255. The summed E-state index contributed by atoms with van der Waals surface area (Å²) < 4.78 is 5.74. The van der Waals surface area contributed by atoms with Gasteiger partial charge in [0, 0.05) is 5.02 Å². The second-order valence-corrected chi connectivity index (χ2v) is 5.74. The van der Waals surface area contributed by atoms with Crippen molar-refractivity contribution >= 4 is 23.4 Å². The minimum absolute atomic E-state index is 0.130. The van der Waals surface area contributed by atoms with Gasteiger partial charge in [0.2, 0.25) is 0 Å². The summed E-state index contributed by atoms with van der Waals surface area (Å²) in [5.41, 5.74) is 1.12. The monoisotopic (exact) mass is 329 g/mol. The Hall–Kier alpha value is -2.33. The summed E-state index contributed by atoms with van der Waals surface area (Å²) in [6, 6.07) is 14.1. The quantitative estimate of drug-likeness (QED) is 0.807. The fraction of sp³-hybridized carbons (Fsp3) is 0.222. The van der Waals surface area contributed by atoms with Gasteiger partial charge in [-0.3, -0.25) is 14.5 Å². The van der Waals surface area contributed by atoms with E-state index in [-0.39, 0.29) is 18.4 Å². The van der Waals surface area contributed by atoms with E-state index in [1.165, 1.54) is 4.90 Å². The highest BCUT2D eigenvalue weighted by Crippen LogP contribution is 2.28. The first-order valence-corrected chi connectivity index (χ1v) is 7.84. The first kappa shape index (κ1) is 15.6. The van der Waals surface area contributed by atoms with E-state index < -0.39 is 6.10 Å². The van der Waals surface area contributed by atoms with Crippen molar-refractivity contribution in [3.8, 4) is 5.75 Å². The summed E-state index contributed by atoms with van der Waals surface area (Å²) in [4.78, 5) is 26.7. The second kappa shape index (κ2) is 6.42. The Balaban J connectivity index is 2.02. The summed E-state index contributed by atoms with van der Waals surface area (Å²) in [7, 11) is 0. The van der Waals surface area contributed by atoms with Crippen molar-refractivity contribution in [2.45, 2.75) is 26.0 Å². The average Bonchev–Trinajstić information content (AvgIpc) is 2.67. The fourth-order valence-electron chi connectivity index (χ4n) is 2.57. The largest absolute Gasteiger partial charge is 0.480 e. The van der Waals surface area contributed by atoms with Crippen LogP contribution in [0.1, 0.15) is 29.3 Å². The summed E-state index contributed by atoms with van der Waals surface area (Å²) in [6.07, 6.45) is -0.190. The number of halogens is 1. The van der Waals surface area contributed by atoms with E-state index in [0.717, 1.165) is 5.56 Å². The molecule has 1 atom stereocenters. The minimum Gasteiger partial charge on any atom is -0.480 e.